The molecule has 8 aliphatic heterocycles. The van der Waals surface area contributed by atoms with E-state index < -0.39 is 254 Å². The van der Waals surface area contributed by atoms with Crippen molar-refractivity contribution >= 4 is 105 Å². The number of aliphatic hydroxyl groups excluding tert-OH is 6. The molecule has 0 unspecified atom stereocenters. The predicted molar refractivity (Wildman–Crippen MR) is 464 cm³/mol. The minimum atomic E-state index is -2.40. The van der Waals surface area contributed by atoms with Crippen LogP contribution < -0.4 is 79.0 Å². The van der Waals surface area contributed by atoms with Crippen LogP contribution in [0.2, 0.25) is 20.1 Å². The van der Waals surface area contributed by atoms with E-state index in [0.29, 0.717) is 36.9 Å². The van der Waals surface area contributed by atoms with Gasteiger partial charge in [-0.3, -0.25) is 57.5 Å². The van der Waals surface area contributed by atoms with Crippen molar-refractivity contribution in [3.05, 3.63) is 173 Å². The third-order valence-corrected chi connectivity index (χ3v) is 24.2. The van der Waals surface area contributed by atoms with Crippen molar-refractivity contribution in [2.24, 2.45) is 11.7 Å². The van der Waals surface area contributed by atoms with Gasteiger partial charge in [-0.1, -0.05) is 84.5 Å². The number of anilines is 1. The number of aliphatic hydroxyl groups is 6. The molecule has 1 aromatic heterocycles. The van der Waals surface area contributed by atoms with E-state index in [1.165, 1.54) is 55.1 Å². The molecule has 7 aromatic rings. The molecular formula is C86H98Cl4N14O27. The lowest BCUT2D eigenvalue weighted by Gasteiger charge is -2.48. The predicted octanol–water partition coefficient (Wildman–Crippen LogP) is 1.78. The van der Waals surface area contributed by atoms with Gasteiger partial charge >= 0.3 is 5.69 Å². The van der Waals surface area contributed by atoms with Gasteiger partial charge in [-0.15, -0.1) is 0 Å². The van der Waals surface area contributed by atoms with Crippen molar-refractivity contribution in [2.45, 2.75) is 169 Å². The molecule has 9 heterocycles. The number of primary amides is 1. The number of phenolic OH excluding ortho intramolecular Hbond substituents is 3. The van der Waals surface area contributed by atoms with Gasteiger partial charge in [-0.2, -0.15) is 4.98 Å². The summed E-state index contributed by atoms with van der Waals surface area (Å²) in [7, 11) is 1.47. The van der Waals surface area contributed by atoms with Crippen LogP contribution in [0.5, 0.6) is 46.0 Å². The standard InChI is InChI=1S/C86H98Cl4N14O27/c1-37(2)24-51(92-5)77(116)100-68-70(111)41-8-12-55(49(89)28-41)127-57-30-43-31-58(74(57)131-84-75(73(114)72(113)59(36-105)129-84)130-63-35-86(4,76(115)38(3)126-63)93-15-17-104-16-14-61(96-85(104)123)95-62(110)26-39-6-10-47(87)48(88)25-39)128-56-13-9-42(29-50(56)90)71(112)69-82(121)99-67(83(122)102-125-23-20-103-18-21-124-22-19-103)46-32-44(106)33-54(108)64(46)45-27-40(7-11-53(45)107)65(79(118)101-69)98-80(119)66(43)97-78(117)52(34-60(91)109)94-81(68)120/h6-14,16,25,27-33,37-38,51-52,59,63,65-73,75-76,84,92-93,105-108,111-115H,15,17-24,26,34-36H2,1-5H3,(H2,91,109)(H,94,120)(H,97,117)(H,98,119)(H,99,121)(H,100,116)(H,101,118)(H,102,122)(H,95,96,110,123)/t38-,51+,52-,59+,63-,65+,66+,67+,68+,69-,70+,71+,72+,73-,75+,76+,84-,86-/m0/s1. The Morgan fingerprint density at radius 2 is 1.36 bits per heavy atom. The van der Waals surface area contributed by atoms with Crippen LogP contribution in [-0.2, 0) is 79.9 Å². The van der Waals surface area contributed by atoms with Crippen molar-refractivity contribution in [3.8, 4) is 57.1 Å². The van der Waals surface area contributed by atoms with E-state index in [1.54, 1.807) is 13.0 Å². The lowest BCUT2D eigenvalue weighted by molar-refractivity contribution is -0.334. The number of hydrogen-bond acceptors (Lipinski definition) is 31. The normalized spacial score (nSPS) is 26.2. The number of nitrogens with two attached hydrogens (primary N) is 1. The summed E-state index contributed by atoms with van der Waals surface area (Å²) >= 11 is 26.6. The van der Waals surface area contributed by atoms with E-state index in [9.17, 15) is 69.9 Å². The maximum Gasteiger partial charge on any atom is 0.349 e. The molecule has 131 heavy (non-hydrogen) atoms. The molecule has 3 saturated heterocycles. The SMILES string of the molecule is CN[C@H](CC(C)C)C(=O)N[C@H]1C(=O)N[C@@H](CC(N)=O)C(=O)N[C@H]2C(=O)N[C@H]3C(=O)N[C@H](C(=O)N[C@@H](C(=O)NOCCN4CCOCC4)c4cc(O)cc(O)c4-c4cc3ccc4O)[C@H](O)c3ccc(c(Cl)c3)Oc3cc2cc(c3O[C@@H]2O[C@H](CO)[C@@H](O)[C@H](O)[C@H]2O[C@H]2C[C@](C)(NCCn3ccc(NC(=O)Cc4ccc(Cl)c(Cl)c4)nc3=O)[C@H](O)[C@H](C)O2)Oc2ccc(cc2Cl)[C@H]1O. The van der Waals surface area contributed by atoms with E-state index >= 15 is 24.0 Å². The number of ether oxygens (including phenoxy) is 7. The minimum Gasteiger partial charge on any atom is -0.508 e. The maximum absolute atomic E-state index is 16.4. The van der Waals surface area contributed by atoms with Gasteiger partial charge in [-0.25, -0.2) is 10.3 Å². The molecule has 45 heteroatoms. The van der Waals surface area contributed by atoms with Crippen molar-refractivity contribution in [3.63, 3.8) is 0 Å². The van der Waals surface area contributed by atoms with Gasteiger partial charge in [0.25, 0.3) is 5.91 Å². The van der Waals surface area contributed by atoms with E-state index in [4.69, 9.17) is 90.1 Å². The molecule has 15 rings (SSSR count). The second kappa shape index (κ2) is 42.2. The topological polar surface area (TPSA) is 594 Å². The lowest BCUT2D eigenvalue weighted by Crippen LogP contribution is -2.65. The van der Waals surface area contributed by atoms with Crippen LogP contribution in [0.15, 0.2) is 114 Å². The Bertz CT molecular complexity index is 5540. The van der Waals surface area contributed by atoms with Gasteiger partial charge in [0, 0.05) is 68.1 Å². The number of hydrogen-bond donors (Lipinski definition) is 20. The second-order valence-corrected chi connectivity index (χ2v) is 34.4. The van der Waals surface area contributed by atoms with E-state index in [1.807, 2.05) is 18.7 Å². The molecule has 0 spiro atoms. The van der Waals surface area contributed by atoms with Gasteiger partial charge in [0.05, 0.1) is 77.6 Å². The van der Waals surface area contributed by atoms with Crippen molar-refractivity contribution in [1.82, 2.24) is 62.5 Å². The average Bonchev–Trinajstić information content (AvgIpc) is 0.763. The summed E-state index contributed by atoms with van der Waals surface area (Å²) in [5.74, 6) is -16.0. The fourth-order valence-corrected chi connectivity index (χ4v) is 16.8. The number of fused-ring (bicyclic) bond motifs is 15. The molecule has 21 N–H and O–H groups in total. The number of rotatable bonds is 24. The van der Waals surface area contributed by atoms with Crippen LogP contribution in [0.25, 0.3) is 11.1 Å². The zero-order chi connectivity index (χ0) is 94.3. The number of benzene rings is 6. The van der Waals surface area contributed by atoms with Gasteiger partial charge in [0.15, 0.2) is 23.9 Å². The maximum atomic E-state index is 16.4. The number of morpholine rings is 1. The van der Waals surface area contributed by atoms with Crippen LogP contribution in [0.3, 0.4) is 0 Å². The fourth-order valence-electron chi connectivity index (χ4n) is 16.0. The summed E-state index contributed by atoms with van der Waals surface area (Å²) in [4.78, 5) is 159. The number of carbonyl (C=O) groups excluding carboxylic acids is 9. The average molecular weight is 1900 g/mol. The number of phenols is 3. The lowest BCUT2D eigenvalue weighted by atomic mass is 9.85. The highest BCUT2D eigenvalue weighted by atomic mass is 35.5. The summed E-state index contributed by atoms with van der Waals surface area (Å²) in [6.07, 6.45) is -18.3. The van der Waals surface area contributed by atoms with Gasteiger partial charge in [0.1, 0.15) is 101 Å². The van der Waals surface area contributed by atoms with Gasteiger partial charge < -0.3 is 133 Å². The molecular weight excluding hydrogens is 1800 g/mol. The van der Waals surface area contributed by atoms with E-state index in [0.717, 1.165) is 66.7 Å². The Hall–Kier alpha value is -11.2. The summed E-state index contributed by atoms with van der Waals surface area (Å²) in [6.45, 7) is 7.63. The molecule has 3 fully saturated rings. The zero-order valence-electron chi connectivity index (χ0n) is 70.8. The second-order valence-electron chi connectivity index (χ2n) is 32.7. The van der Waals surface area contributed by atoms with Gasteiger partial charge in [-0.05, 0) is 139 Å². The molecule has 0 saturated carbocycles. The first-order valence-electron chi connectivity index (χ1n) is 41.6. The van der Waals surface area contributed by atoms with E-state index in [2.05, 4.69) is 58.3 Å². The number of halogens is 4. The molecule has 0 radical (unpaired) electrons. The number of nitrogens with zero attached hydrogens (tertiary/aromatic N) is 3. The molecule has 41 nitrogen and oxygen atoms in total. The first-order valence-corrected chi connectivity index (χ1v) is 43.1. The Labute approximate surface area is 767 Å². The Kier molecular flexibility index (Phi) is 31.3. The molecule has 0 aliphatic carbocycles. The molecule has 702 valence electrons. The number of likely N-dealkylation sites (N-methyl/N-ethyl adjacent to an activating group) is 1. The summed E-state index contributed by atoms with van der Waals surface area (Å²) in [6, 6.07) is 5.67. The molecule has 9 amide bonds. The van der Waals surface area contributed by atoms with Crippen LogP contribution >= 0.6 is 46.4 Å². The molecule has 11 bridgehead atoms. The van der Waals surface area contributed by atoms with Crippen molar-refractivity contribution < 1.29 is 127 Å². The van der Waals surface area contributed by atoms with Crippen LogP contribution in [0.1, 0.15) is 111 Å². The van der Waals surface area contributed by atoms with Crippen LogP contribution in [0, 0.1) is 5.92 Å². The summed E-state index contributed by atoms with van der Waals surface area (Å²) in [5.41, 5.74) is 3.80. The Balaban J connectivity index is 0.933. The van der Waals surface area contributed by atoms with Gasteiger partial charge in [0.2, 0.25) is 59.3 Å². The van der Waals surface area contributed by atoms with Crippen molar-refractivity contribution in [2.75, 3.05) is 65.0 Å². The van der Waals surface area contributed by atoms with Crippen LogP contribution in [0.4, 0.5) is 5.82 Å². The number of nitrogens with one attached hydrogen (secondary N) is 10. The fraction of sp³-hybridized carbons (Fsp3) is 0.430. The number of amides is 9. The number of aromatic hydroxyl groups is 3. The quantitative estimate of drug-likeness (QED) is 0.0303. The Morgan fingerprint density at radius 1 is 0.695 bits per heavy atom. The molecule has 18 atom stereocenters. The first-order chi connectivity index (χ1) is 62.3. The smallest absolute Gasteiger partial charge is 0.349 e. The van der Waals surface area contributed by atoms with Crippen LogP contribution in [-0.4, -0.2) is 252 Å². The third-order valence-electron chi connectivity index (χ3n) is 22.9. The Morgan fingerprint density at radius 3 is 2.01 bits per heavy atom. The monoisotopic (exact) mass is 1900 g/mol. The number of hydroxylamine groups is 1. The third kappa shape index (κ3) is 22.8. The highest BCUT2D eigenvalue weighted by Crippen LogP contribution is 2.50. The largest absolute Gasteiger partial charge is 0.508 e. The number of aromatic nitrogens is 2. The molecule has 8 aliphatic rings. The molecule has 6 aromatic carbocycles. The minimum absolute atomic E-state index is 0.0417. The summed E-state index contributed by atoms with van der Waals surface area (Å²) in [5, 5.41) is 131. The zero-order valence-corrected chi connectivity index (χ0v) is 73.8. The highest BCUT2D eigenvalue weighted by Gasteiger charge is 2.52. The first kappa shape index (κ1) is 97.4. The summed E-state index contributed by atoms with van der Waals surface area (Å²) < 4.78 is 46.2. The highest BCUT2D eigenvalue weighted by molar-refractivity contribution is 6.42. The van der Waals surface area contributed by atoms with E-state index in [-0.39, 0.29) is 84.7 Å². The van der Waals surface area contributed by atoms with Crippen molar-refractivity contribution in [1.29, 1.82) is 0 Å². The number of carbonyl (C=O) groups is 9.